The van der Waals surface area contributed by atoms with Crippen molar-refractivity contribution in [1.29, 1.82) is 0 Å². The van der Waals surface area contributed by atoms with Crippen LogP contribution in [0.4, 0.5) is 0 Å². The molecule has 0 bridgehead atoms. The van der Waals surface area contributed by atoms with Gasteiger partial charge in [-0.1, -0.05) is 18.2 Å². The molecular formula is C9H8N+. The van der Waals surface area contributed by atoms with Gasteiger partial charge in [0.15, 0.2) is 12.4 Å². The molecule has 1 aromatic carbocycles. The van der Waals surface area contributed by atoms with Crippen LogP contribution in [0, 0.1) is 0 Å². The summed E-state index contributed by atoms with van der Waals surface area (Å²) in [6.45, 7) is 0. The van der Waals surface area contributed by atoms with Gasteiger partial charge in [-0.3, -0.25) is 0 Å². The van der Waals surface area contributed by atoms with Crippen molar-refractivity contribution in [3.8, 4) is 0 Å². The lowest BCUT2D eigenvalue weighted by atomic mass is 10.2. The fraction of sp³-hybridized carbons (Fsp3) is 0. The molecule has 0 saturated heterocycles. The number of pyridine rings is 1. The second-order valence-electron chi connectivity index (χ2n) is 2.27. The first-order chi connectivity index (χ1) is 4.97. The van der Waals surface area contributed by atoms with Crippen molar-refractivity contribution >= 4 is 10.8 Å². The largest absolute Gasteiger partial charge is 0.217 e. The Morgan fingerprint density at radius 2 is 1.70 bits per heavy atom. The van der Waals surface area contributed by atoms with Gasteiger partial charge in [0.2, 0.25) is 0 Å². The van der Waals surface area contributed by atoms with Crippen molar-refractivity contribution in [3.63, 3.8) is 0 Å². The lowest BCUT2D eigenvalue weighted by Crippen LogP contribution is -1.96. The molecule has 1 heteroatoms. The van der Waals surface area contributed by atoms with E-state index in [2.05, 4.69) is 23.2 Å². The van der Waals surface area contributed by atoms with Gasteiger partial charge in [0, 0.05) is 11.5 Å². The summed E-state index contributed by atoms with van der Waals surface area (Å²) in [6, 6.07) is 10.3. The Hall–Kier alpha value is -1.37. The molecule has 1 aromatic heterocycles. The Labute approximate surface area is 59.3 Å². The van der Waals surface area contributed by atoms with Crippen molar-refractivity contribution in [2.75, 3.05) is 0 Å². The number of benzene rings is 1. The minimum absolute atomic E-state index is 1.25. The molecule has 2 aromatic rings. The fourth-order valence-corrected chi connectivity index (χ4v) is 1.07. The number of H-pyrrole nitrogens is 1. The first-order valence-electron chi connectivity index (χ1n) is 3.32. The molecule has 0 atom stereocenters. The molecule has 0 radical (unpaired) electrons. The maximum Gasteiger partial charge on any atom is 0.174 e. The minimum Gasteiger partial charge on any atom is -0.217 e. The highest BCUT2D eigenvalue weighted by atomic mass is 14.6. The first-order valence-corrected chi connectivity index (χ1v) is 3.32. The van der Waals surface area contributed by atoms with Crippen LogP contribution in [0.15, 0.2) is 42.7 Å². The molecule has 0 fully saturated rings. The van der Waals surface area contributed by atoms with Crippen molar-refractivity contribution in [2.24, 2.45) is 0 Å². The number of rotatable bonds is 0. The molecular weight excluding hydrogens is 122 g/mol. The van der Waals surface area contributed by atoms with Crippen LogP contribution in [0.2, 0.25) is 0 Å². The zero-order chi connectivity index (χ0) is 6.81. The molecule has 0 spiro atoms. The molecule has 2 rings (SSSR count). The van der Waals surface area contributed by atoms with Crippen LogP contribution in [-0.4, -0.2) is 0 Å². The number of fused-ring (bicyclic) bond motifs is 1. The van der Waals surface area contributed by atoms with Crippen LogP contribution in [0.1, 0.15) is 0 Å². The van der Waals surface area contributed by atoms with Gasteiger partial charge in [-0.05, 0) is 11.5 Å². The number of hydrogen-bond donors (Lipinski definition) is 0. The predicted molar refractivity (Wildman–Crippen MR) is 40.5 cm³/mol. The normalized spacial score (nSPS) is 10.0. The zero-order valence-electron chi connectivity index (χ0n) is 5.54. The van der Waals surface area contributed by atoms with Crippen molar-refractivity contribution < 1.29 is 4.98 Å². The molecule has 0 unspecified atom stereocenters. The van der Waals surface area contributed by atoms with Gasteiger partial charge in [0.1, 0.15) is 0 Å². The van der Waals surface area contributed by atoms with Gasteiger partial charge < -0.3 is 0 Å². The van der Waals surface area contributed by atoms with Crippen molar-refractivity contribution in [2.45, 2.75) is 0 Å². The van der Waals surface area contributed by atoms with Crippen molar-refractivity contribution in [1.82, 2.24) is 0 Å². The number of nitrogens with one attached hydrogen (secondary N) is 1. The average Bonchev–Trinajstić information content (AvgIpc) is 2.05. The van der Waals surface area contributed by atoms with E-state index in [0.29, 0.717) is 0 Å². The molecule has 1 N–H and O–H groups in total. The lowest BCUT2D eigenvalue weighted by molar-refractivity contribution is -0.375. The summed E-state index contributed by atoms with van der Waals surface area (Å²) in [7, 11) is 0. The van der Waals surface area contributed by atoms with Crippen LogP contribution in [0.3, 0.4) is 0 Å². The molecule has 48 valence electrons. The highest BCUT2D eigenvalue weighted by molar-refractivity contribution is 5.80. The van der Waals surface area contributed by atoms with Gasteiger partial charge in [0.05, 0.1) is 0 Å². The van der Waals surface area contributed by atoms with Gasteiger partial charge in [-0.15, -0.1) is 0 Å². The molecule has 0 aliphatic heterocycles. The van der Waals surface area contributed by atoms with E-state index in [1.54, 1.807) is 0 Å². The maximum absolute atomic E-state index is 3.04. The molecule has 0 aliphatic rings. The van der Waals surface area contributed by atoms with Crippen LogP contribution in [-0.2, 0) is 0 Å². The topological polar surface area (TPSA) is 14.1 Å². The Balaban J connectivity index is 2.89. The Bertz CT molecular complexity index is 276. The second kappa shape index (κ2) is 2.10. The molecule has 0 saturated carbocycles. The molecule has 0 amide bonds. The predicted octanol–water partition coefficient (Wildman–Crippen LogP) is 1.65. The van der Waals surface area contributed by atoms with E-state index >= 15 is 0 Å². The highest BCUT2D eigenvalue weighted by Crippen LogP contribution is 2.08. The Morgan fingerprint density at radius 1 is 0.900 bits per heavy atom. The smallest absolute Gasteiger partial charge is 0.174 e. The number of aromatic amines is 1. The SMILES string of the molecule is c1ccc2c[nH+]ccc2c1. The Morgan fingerprint density at radius 3 is 2.50 bits per heavy atom. The lowest BCUT2D eigenvalue weighted by Gasteiger charge is -1.88. The summed E-state index contributed by atoms with van der Waals surface area (Å²) in [4.78, 5) is 3.04. The van der Waals surface area contributed by atoms with E-state index in [4.69, 9.17) is 0 Å². The van der Waals surface area contributed by atoms with Crippen LogP contribution in [0.5, 0.6) is 0 Å². The quantitative estimate of drug-likeness (QED) is 0.515. The van der Waals surface area contributed by atoms with Crippen LogP contribution >= 0.6 is 0 Å². The summed E-state index contributed by atoms with van der Waals surface area (Å²) in [5.74, 6) is 0. The Kier molecular flexibility index (Phi) is 1.14. The highest BCUT2D eigenvalue weighted by Gasteiger charge is 1.90. The third kappa shape index (κ3) is 0.760. The monoisotopic (exact) mass is 130 g/mol. The van der Waals surface area contributed by atoms with Gasteiger partial charge in [0.25, 0.3) is 0 Å². The first kappa shape index (κ1) is 5.42. The molecule has 1 heterocycles. The average molecular weight is 130 g/mol. The number of hydrogen-bond acceptors (Lipinski definition) is 0. The van der Waals surface area contributed by atoms with Gasteiger partial charge >= 0.3 is 0 Å². The van der Waals surface area contributed by atoms with E-state index in [-0.39, 0.29) is 0 Å². The molecule has 0 aliphatic carbocycles. The standard InChI is InChI=1S/C9H7N/c1-2-4-9-7-10-6-5-8(9)3-1/h1-7H/p+1. The van der Waals surface area contributed by atoms with E-state index in [9.17, 15) is 0 Å². The summed E-state index contributed by atoms with van der Waals surface area (Å²) in [5.41, 5.74) is 0. The summed E-state index contributed by atoms with van der Waals surface area (Å²) < 4.78 is 0. The van der Waals surface area contributed by atoms with E-state index in [1.807, 2.05) is 24.5 Å². The molecule has 1 nitrogen and oxygen atoms in total. The van der Waals surface area contributed by atoms with Crippen LogP contribution < -0.4 is 4.98 Å². The third-order valence-corrected chi connectivity index (χ3v) is 1.59. The van der Waals surface area contributed by atoms with Gasteiger partial charge in [-0.25, -0.2) is 4.98 Å². The van der Waals surface area contributed by atoms with Gasteiger partial charge in [-0.2, -0.15) is 0 Å². The minimum atomic E-state index is 1.25. The van der Waals surface area contributed by atoms with E-state index in [0.717, 1.165) is 0 Å². The maximum atomic E-state index is 3.04. The third-order valence-electron chi connectivity index (χ3n) is 1.59. The van der Waals surface area contributed by atoms with Crippen molar-refractivity contribution in [3.05, 3.63) is 42.7 Å². The van der Waals surface area contributed by atoms with E-state index < -0.39 is 0 Å². The second-order valence-corrected chi connectivity index (χ2v) is 2.27. The van der Waals surface area contributed by atoms with Crippen LogP contribution in [0.25, 0.3) is 10.8 Å². The zero-order valence-corrected chi connectivity index (χ0v) is 5.54. The number of aromatic nitrogens is 1. The molecule has 10 heavy (non-hydrogen) atoms. The fourth-order valence-electron chi connectivity index (χ4n) is 1.07. The summed E-state index contributed by atoms with van der Waals surface area (Å²) >= 11 is 0. The van der Waals surface area contributed by atoms with E-state index in [1.165, 1.54) is 10.8 Å². The summed E-state index contributed by atoms with van der Waals surface area (Å²) in [5, 5.41) is 2.53. The summed E-state index contributed by atoms with van der Waals surface area (Å²) in [6.07, 6.45) is 3.93.